The average molecular weight is 258 g/mol. The van der Waals surface area contributed by atoms with Crippen molar-refractivity contribution in [1.29, 1.82) is 0 Å². The Morgan fingerprint density at radius 2 is 2.32 bits per heavy atom. The van der Waals surface area contributed by atoms with Crippen LogP contribution in [-0.4, -0.2) is 29.7 Å². The van der Waals surface area contributed by atoms with Gasteiger partial charge in [0.05, 0.1) is 12.7 Å². The van der Waals surface area contributed by atoms with Crippen molar-refractivity contribution in [2.75, 3.05) is 13.7 Å². The molecule has 0 atom stereocenters. The number of rotatable bonds is 2. The van der Waals surface area contributed by atoms with Crippen LogP contribution in [-0.2, 0) is 13.0 Å². The van der Waals surface area contributed by atoms with Gasteiger partial charge in [-0.25, -0.2) is 9.78 Å². The minimum absolute atomic E-state index is 0.339. The molecule has 5 heteroatoms. The lowest BCUT2D eigenvalue weighted by atomic mass is 9.96. The lowest BCUT2D eigenvalue weighted by Gasteiger charge is -2.20. The molecule has 3 rings (SSSR count). The van der Waals surface area contributed by atoms with Crippen LogP contribution in [0.15, 0.2) is 18.2 Å². The van der Waals surface area contributed by atoms with Gasteiger partial charge in [0.25, 0.3) is 0 Å². The molecule has 0 saturated carbocycles. The van der Waals surface area contributed by atoms with Gasteiger partial charge in [-0.15, -0.1) is 0 Å². The summed E-state index contributed by atoms with van der Waals surface area (Å²) in [5, 5.41) is 13.3. The molecule has 0 spiro atoms. The van der Waals surface area contributed by atoms with Crippen LogP contribution in [0.3, 0.4) is 0 Å². The van der Waals surface area contributed by atoms with Gasteiger partial charge >= 0.3 is 5.97 Å². The van der Waals surface area contributed by atoms with Crippen LogP contribution in [0, 0.1) is 0 Å². The summed E-state index contributed by atoms with van der Waals surface area (Å²) in [5.41, 5.74) is 2.61. The smallest absolute Gasteiger partial charge is 0.336 e. The molecule has 1 aliphatic heterocycles. The Kier molecular flexibility index (Phi) is 2.83. The predicted octanol–water partition coefficient (Wildman–Crippen LogP) is 1.59. The highest BCUT2D eigenvalue weighted by Gasteiger charge is 2.23. The maximum Gasteiger partial charge on any atom is 0.336 e. The Hall–Kier alpha value is -2.14. The average Bonchev–Trinajstić information content (AvgIpc) is 2.43. The SMILES string of the molecule is COc1cccc2c(C(=O)O)c3c(nc12)CCNC3. The summed E-state index contributed by atoms with van der Waals surface area (Å²) in [4.78, 5) is 16.2. The van der Waals surface area contributed by atoms with E-state index in [9.17, 15) is 9.90 Å². The molecule has 0 bridgehead atoms. The lowest BCUT2D eigenvalue weighted by molar-refractivity contribution is 0.0697. The van der Waals surface area contributed by atoms with Crippen LogP contribution in [0.4, 0.5) is 0 Å². The molecule has 98 valence electrons. The summed E-state index contributed by atoms with van der Waals surface area (Å²) in [6.07, 6.45) is 0.740. The summed E-state index contributed by atoms with van der Waals surface area (Å²) in [5.74, 6) is -0.304. The number of hydrogen-bond acceptors (Lipinski definition) is 4. The normalized spacial score (nSPS) is 14.2. The van der Waals surface area contributed by atoms with Crippen LogP contribution in [0.1, 0.15) is 21.6 Å². The molecular formula is C14H14N2O3. The Labute approximate surface area is 110 Å². The van der Waals surface area contributed by atoms with Crippen molar-refractivity contribution in [2.45, 2.75) is 13.0 Å². The first-order chi connectivity index (χ1) is 9.22. The van der Waals surface area contributed by atoms with E-state index in [1.807, 2.05) is 0 Å². The van der Waals surface area contributed by atoms with Gasteiger partial charge < -0.3 is 15.2 Å². The molecule has 19 heavy (non-hydrogen) atoms. The number of aromatic carboxylic acids is 1. The molecule has 0 saturated heterocycles. The third-order valence-corrected chi connectivity index (χ3v) is 3.44. The minimum Gasteiger partial charge on any atom is -0.494 e. The van der Waals surface area contributed by atoms with E-state index in [1.165, 1.54) is 0 Å². The van der Waals surface area contributed by atoms with Crippen molar-refractivity contribution >= 4 is 16.9 Å². The first-order valence-corrected chi connectivity index (χ1v) is 6.15. The lowest BCUT2D eigenvalue weighted by Crippen LogP contribution is -2.27. The number of carbonyl (C=O) groups is 1. The topological polar surface area (TPSA) is 71.5 Å². The highest BCUT2D eigenvalue weighted by molar-refractivity contribution is 6.05. The van der Waals surface area contributed by atoms with Crippen molar-refractivity contribution in [3.05, 3.63) is 35.0 Å². The van der Waals surface area contributed by atoms with Crippen LogP contribution in [0.2, 0.25) is 0 Å². The van der Waals surface area contributed by atoms with Gasteiger partial charge in [0.1, 0.15) is 11.3 Å². The largest absolute Gasteiger partial charge is 0.494 e. The summed E-state index contributed by atoms with van der Waals surface area (Å²) in [7, 11) is 1.57. The molecule has 2 N–H and O–H groups in total. The Balaban J connectivity index is 2.42. The quantitative estimate of drug-likeness (QED) is 0.855. The number of aromatic nitrogens is 1. The van der Waals surface area contributed by atoms with Crippen molar-refractivity contribution in [3.8, 4) is 5.75 Å². The molecule has 1 aromatic carbocycles. The fourth-order valence-corrected chi connectivity index (χ4v) is 2.58. The fraction of sp³-hybridized carbons (Fsp3) is 0.286. The molecule has 0 radical (unpaired) electrons. The number of nitrogens with one attached hydrogen (secondary N) is 1. The van der Waals surface area contributed by atoms with Gasteiger partial charge in [0.2, 0.25) is 0 Å². The van der Waals surface area contributed by atoms with Gasteiger partial charge in [0, 0.05) is 36.2 Å². The minimum atomic E-state index is -0.916. The molecule has 0 fully saturated rings. The molecule has 2 heterocycles. The number of methoxy groups -OCH3 is 1. The van der Waals surface area contributed by atoms with Gasteiger partial charge in [-0.05, 0) is 6.07 Å². The Morgan fingerprint density at radius 1 is 1.47 bits per heavy atom. The van der Waals surface area contributed by atoms with Crippen LogP contribution >= 0.6 is 0 Å². The summed E-state index contributed by atoms with van der Waals surface area (Å²) >= 11 is 0. The molecule has 0 unspecified atom stereocenters. The van der Waals surface area contributed by atoms with E-state index in [2.05, 4.69) is 10.3 Å². The van der Waals surface area contributed by atoms with Gasteiger partial charge in [-0.2, -0.15) is 0 Å². The molecule has 0 aliphatic carbocycles. The van der Waals surface area contributed by atoms with Gasteiger partial charge in [0.15, 0.2) is 0 Å². The second-order valence-corrected chi connectivity index (χ2v) is 4.50. The molecule has 0 amide bonds. The number of carboxylic acid groups (broad SMARTS) is 1. The summed E-state index contributed by atoms with van der Waals surface area (Å²) < 4.78 is 5.28. The number of nitrogens with zero attached hydrogens (tertiary/aromatic N) is 1. The number of carboxylic acids is 1. The van der Waals surface area contributed by atoms with E-state index < -0.39 is 5.97 Å². The monoisotopic (exact) mass is 258 g/mol. The van der Waals surface area contributed by atoms with E-state index in [-0.39, 0.29) is 0 Å². The highest BCUT2D eigenvalue weighted by Crippen LogP contribution is 2.31. The van der Waals surface area contributed by atoms with Gasteiger partial charge in [-0.1, -0.05) is 12.1 Å². The zero-order valence-electron chi connectivity index (χ0n) is 10.6. The van der Waals surface area contributed by atoms with E-state index in [0.29, 0.717) is 28.8 Å². The van der Waals surface area contributed by atoms with Gasteiger partial charge in [-0.3, -0.25) is 0 Å². The maximum absolute atomic E-state index is 11.6. The van der Waals surface area contributed by atoms with E-state index in [0.717, 1.165) is 24.2 Å². The number of fused-ring (bicyclic) bond motifs is 2. The van der Waals surface area contributed by atoms with Crippen LogP contribution in [0.25, 0.3) is 10.9 Å². The molecule has 5 nitrogen and oxygen atoms in total. The number of benzene rings is 1. The zero-order chi connectivity index (χ0) is 13.4. The van der Waals surface area contributed by atoms with Crippen molar-refractivity contribution in [2.24, 2.45) is 0 Å². The van der Waals surface area contributed by atoms with E-state index in [4.69, 9.17) is 4.74 Å². The second kappa shape index (κ2) is 4.51. The molecule has 1 aliphatic rings. The van der Waals surface area contributed by atoms with E-state index in [1.54, 1.807) is 25.3 Å². The predicted molar refractivity (Wildman–Crippen MR) is 70.7 cm³/mol. The zero-order valence-corrected chi connectivity index (χ0v) is 10.6. The van der Waals surface area contributed by atoms with Crippen molar-refractivity contribution in [1.82, 2.24) is 10.3 Å². The fourth-order valence-electron chi connectivity index (χ4n) is 2.58. The maximum atomic E-state index is 11.6. The first kappa shape index (κ1) is 11.9. The van der Waals surface area contributed by atoms with Crippen molar-refractivity contribution in [3.63, 3.8) is 0 Å². The molecule has 2 aromatic rings. The Bertz CT molecular complexity index is 667. The summed E-state index contributed by atoms with van der Waals surface area (Å²) in [6, 6.07) is 5.37. The first-order valence-electron chi connectivity index (χ1n) is 6.15. The summed E-state index contributed by atoms with van der Waals surface area (Å²) in [6.45, 7) is 1.37. The highest BCUT2D eigenvalue weighted by atomic mass is 16.5. The Morgan fingerprint density at radius 3 is 3.05 bits per heavy atom. The number of para-hydroxylation sites is 1. The third kappa shape index (κ3) is 1.82. The molecule has 1 aromatic heterocycles. The standard InChI is InChI=1S/C14H14N2O3/c1-19-11-4-2-3-8-12(14(17)18)9-7-15-6-5-10(9)16-13(8)11/h2-4,15H,5-7H2,1H3,(H,17,18). The van der Waals surface area contributed by atoms with Crippen LogP contribution < -0.4 is 10.1 Å². The number of pyridine rings is 1. The second-order valence-electron chi connectivity index (χ2n) is 4.50. The number of hydrogen-bond donors (Lipinski definition) is 2. The third-order valence-electron chi connectivity index (χ3n) is 3.44. The van der Waals surface area contributed by atoms with Crippen molar-refractivity contribution < 1.29 is 14.6 Å². The van der Waals surface area contributed by atoms with E-state index >= 15 is 0 Å². The number of ether oxygens (including phenoxy) is 1. The van der Waals surface area contributed by atoms with Crippen LogP contribution in [0.5, 0.6) is 5.75 Å². The molecular weight excluding hydrogens is 244 g/mol.